The summed E-state index contributed by atoms with van der Waals surface area (Å²) in [5.74, 6) is -0.733. The van der Waals surface area contributed by atoms with E-state index in [1.165, 1.54) is 4.31 Å². The Kier molecular flexibility index (Phi) is 8.94. The Morgan fingerprint density at radius 3 is 2.31 bits per heavy atom. The van der Waals surface area contributed by atoms with Crippen LogP contribution in [0.2, 0.25) is 5.02 Å². The first kappa shape index (κ1) is 31.5. The van der Waals surface area contributed by atoms with Crippen molar-refractivity contribution in [3.63, 3.8) is 0 Å². The third-order valence-corrected chi connectivity index (χ3v) is 9.72. The highest BCUT2D eigenvalue weighted by atomic mass is 35.5. The predicted octanol–water partition coefficient (Wildman–Crippen LogP) is 5.36. The summed E-state index contributed by atoms with van der Waals surface area (Å²) in [5, 5.41) is 14.1. The predicted molar refractivity (Wildman–Crippen MR) is 141 cm³/mol. The van der Waals surface area contributed by atoms with E-state index >= 15 is 0 Å². The molecule has 0 bridgehead atoms. The van der Waals surface area contributed by atoms with Gasteiger partial charge >= 0.3 is 12.3 Å². The number of nitrogens with zero attached hydrogens (tertiary/aromatic N) is 1. The number of carbonyl (C=O) groups is 2. The summed E-state index contributed by atoms with van der Waals surface area (Å²) in [4.78, 5) is 24.3. The summed E-state index contributed by atoms with van der Waals surface area (Å²) in [7, 11) is -4.17. The number of nitrogens with one attached hydrogen (secondary N) is 2. The molecule has 3 N–H and O–H groups in total. The van der Waals surface area contributed by atoms with Crippen LogP contribution >= 0.6 is 11.6 Å². The van der Waals surface area contributed by atoms with Gasteiger partial charge in [0, 0.05) is 19.1 Å². The van der Waals surface area contributed by atoms with E-state index in [1.807, 2.05) is 13.8 Å². The molecule has 1 aromatic rings. The Hall–Kier alpha value is -2.05. The van der Waals surface area contributed by atoms with Crippen LogP contribution in [0.3, 0.4) is 0 Å². The number of fused-ring (bicyclic) bond motifs is 1. The molecule has 2 aliphatic rings. The lowest BCUT2D eigenvalue weighted by molar-refractivity contribution is -0.137. The van der Waals surface area contributed by atoms with Gasteiger partial charge in [0.05, 0.1) is 10.6 Å². The summed E-state index contributed by atoms with van der Waals surface area (Å²) in [6, 6.07) is 0.816. The number of amides is 2. The van der Waals surface area contributed by atoms with Gasteiger partial charge in [0.1, 0.15) is 10.9 Å². The Morgan fingerprint density at radius 1 is 1.13 bits per heavy atom. The van der Waals surface area contributed by atoms with Crippen LogP contribution in [0.25, 0.3) is 0 Å². The quantitative estimate of drug-likeness (QED) is 0.374. The molecular weight excluding hydrogens is 559 g/mol. The minimum absolute atomic E-state index is 0.0266. The zero-order valence-electron chi connectivity index (χ0n) is 22.7. The van der Waals surface area contributed by atoms with Crippen LogP contribution in [-0.2, 0) is 21.0 Å². The van der Waals surface area contributed by atoms with Crippen LogP contribution < -0.4 is 10.6 Å². The minimum atomic E-state index is -4.66. The van der Waals surface area contributed by atoms with Gasteiger partial charge in [-0.15, -0.1) is 0 Å². The highest BCUT2D eigenvalue weighted by Crippen LogP contribution is 2.42. The molecule has 8 nitrogen and oxygen atoms in total. The largest absolute Gasteiger partial charge is 0.465 e. The lowest BCUT2D eigenvalue weighted by atomic mass is 9.73. The van der Waals surface area contributed by atoms with Gasteiger partial charge in [-0.1, -0.05) is 46.2 Å². The molecule has 220 valence electrons. The molecule has 0 radical (unpaired) electrons. The Bertz CT molecular complexity index is 1200. The van der Waals surface area contributed by atoms with Gasteiger partial charge in [0.25, 0.3) is 0 Å². The number of carbonyl (C=O) groups excluding carboxylic acids is 1. The molecule has 13 heteroatoms. The van der Waals surface area contributed by atoms with Crippen molar-refractivity contribution in [3.05, 3.63) is 28.8 Å². The molecule has 3 rings (SSSR count). The number of halogens is 4. The van der Waals surface area contributed by atoms with E-state index < -0.39 is 49.7 Å². The smallest absolute Gasteiger partial charge is 0.416 e. The molecule has 0 aromatic heterocycles. The van der Waals surface area contributed by atoms with Gasteiger partial charge in [0.2, 0.25) is 15.9 Å². The summed E-state index contributed by atoms with van der Waals surface area (Å²) in [5.41, 5.74) is -1.40. The average Bonchev–Trinajstić information content (AvgIpc) is 3.32. The van der Waals surface area contributed by atoms with E-state index in [0.29, 0.717) is 25.0 Å². The van der Waals surface area contributed by atoms with Crippen LogP contribution in [0.1, 0.15) is 65.9 Å². The molecule has 1 heterocycles. The molecule has 0 spiro atoms. The standard InChI is InChI=1S/C26H37ClF3N3O5S/c1-24(2,3)14-25(4,5)11-20(32-23(35)36)22(34)31-19-8-6-15-12-33(13-17(15)19)39(37,38)21-9-7-16(10-18(21)27)26(28,29)30/h7,9-10,15,17,19-20,32H,6,8,11-14H2,1-5H3,(H,31,34)(H,35,36)/t15-,17+,19+,20+/m1/s1. The van der Waals surface area contributed by atoms with Crippen molar-refractivity contribution in [1.82, 2.24) is 14.9 Å². The molecule has 1 saturated carbocycles. The average molecular weight is 596 g/mol. The number of hydrogen-bond donors (Lipinski definition) is 3. The van der Waals surface area contributed by atoms with Gasteiger partial charge < -0.3 is 15.7 Å². The molecular formula is C26H37ClF3N3O5S. The molecule has 39 heavy (non-hydrogen) atoms. The normalized spacial score (nSPS) is 23.4. The number of benzene rings is 1. The fourth-order valence-corrected chi connectivity index (χ4v) is 8.38. The van der Waals surface area contributed by atoms with Crippen LogP contribution in [0, 0.1) is 22.7 Å². The SMILES string of the molecule is CC(C)(C)CC(C)(C)C[C@H](NC(=O)O)C(=O)N[C@H]1CC[C@@H]2CN(S(=O)(=O)c3ccc(C(F)(F)F)cc3Cl)C[C@@H]21. The van der Waals surface area contributed by atoms with Crippen molar-refractivity contribution in [1.29, 1.82) is 0 Å². The van der Waals surface area contributed by atoms with Crippen molar-refractivity contribution >= 4 is 33.6 Å². The molecule has 2 amide bonds. The first-order valence-electron chi connectivity index (χ1n) is 12.9. The van der Waals surface area contributed by atoms with Crippen molar-refractivity contribution in [2.75, 3.05) is 13.1 Å². The molecule has 1 aliphatic heterocycles. The van der Waals surface area contributed by atoms with Crippen molar-refractivity contribution in [3.8, 4) is 0 Å². The first-order chi connectivity index (χ1) is 17.7. The zero-order valence-corrected chi connectivity index (χ0v) is 24.3. The van der Waals surface area contributed by atoms with Gasteiger partial charge in [0.15, 0.2) is 0 Å². The number of rotatable bonds is 8. The summed E-state index contributed by atoms with van der Waals surface area (Å²) in [6.07, 6.45) is -3.65. The van der Waals surface area contributed by atoms with E-state index in [9.17, 15) is 36.3 Å². The molecule has 1 aliphatic carbocycles. The summed E-state index contributed by atoms with van der Waals surface area (Å²) < 4.78 is 66.8. The lowest BCUT2D eigenvalue weighted by Gasteiger charge is -2.35. The maximum absolute atomic E-state index is 13.3. The van der Waals surface area contributed by atoms with Crippen LogP contribution in [0.5, 0.6) is 0 Å². The van der Waals surface area contributed by atoms with Crippen LogP contribution in [0.4, 0.5) is 18.0 Å². The van der Waals surface area contributed by atoms with Crippen molar-refractivity contribution in [2.45, 2.75) is 83.5 Å². The highest BCUT2D eigenvalue weighted by molar-refractivity contribution is 7.89. The van der Waals surface area contributed by atoms with E-state index in [4.69, 9.17) is 11.6 Å². The third kappa shape index (κ3) is 7.79. The van der Waals surface area contributed by atoms with Crippen molar-refractivity contribution < 1.29 is 36.3 Å². The van der Waals surface area contributed by atoms with Gasteiger partial charge in [-0.2, -0.15) is 17.5 Å². The van der Waals surface area contributed by atoms with E-state index in [2.05, 4.69) is 31.4 Å². The maximum atomic E-state index is 13.3. The fraction of sp³-hybridized carbons (Fsp3) is 0.692. The molecule has 2 fully saturated rings. The fourth-order valence-electron chi connectivity index (χ4n) is 6.33. The number of alkyl halides is 3. The van der Waals surface area contributed by atoms with Gasteiger partial charge in [-0.05, 0) is 66.5 Å². The Balaban J connectivity index is 1.72. The van der Waals surface area contributed by atoms with E-state index in [0.717, 1.165) is 12.5 Å². The Morgan fingerprint density at radius 2 is 1.77 bits per heavy atom. The lowest BCUT2D eigenvalue weighted by Crippen LogP contribution is -2.52. The second-order valence-electron chi connectivity index (χ2n) is 12.7. The second kappa shape index (κ2) is 11.1. The summed E-state index contributed by atoms with van der Waals surface area (Å²) in [6.45, 7) is 10.4. The van der Waals surface area contributed by atoms with Crippen molar-refractivity contribution in [2.24, 2.45) is 22.7 Å². The molecule has 1 saturated heterocycles. The number of sulfonamides is 1. The number of carboxylic acid groups (broad SMARTS) is 1. The molecule has 1 aromatic carbocycles. The third-order valence-electron chi connectivity index (χ3n) is 7.41. The zero-order chi connectivity index (χ0) is 29.6. The highest BCUT2D eigenvalue weighted by Gasteiger charge is 2.48. The monoisotopic (exact) mass is 595 g/mol. The minimum Gasteiger partial charge on any atom is -0.465 e. The van der Waals surface area contributed by atoms with Crippen LogP contribution in [-0.4, -0.2) is 55.0 Å². The van der Waals surface area contributed by atoms with Gasteiger partial charge in [-0.3, -0.25) is 4.79 Å². The molecule has 4 atom stereocenters. The molecule has 0 unspecified atom stereocenters. The maximum Gasteiger partial charge on any atom is 0.416 e. The van der Waals surface area contributed by atoms with Gasteiger partial charge in [-0.25, -0.2) is 13.2 Å². The topological polar surface area (TPSA) is 116 Å². The number of hydrogen-bond acceptors (Lipinski definition) is 4. The van der Waals surface area contributed by atoms with E-state index in [-0.39, 0.29) is 48.2 Å². The second-order valence-corrected chi connectivity index (χ2v) is 15.0. The first-order valence-corrected chi connectivity index (χ1v) is 14.7. The van der Waals surface area contributed by atoms with E-state index in [1.54, 1.807) is 0 Å². The van der Waals surface area contributed by atoms with Crippen LogP contribution in [0.15, 0.2) is 23.1 Å². The Labute approximate surface area is 232 Å². The summed E-state index contributed by atoms with van der Waals surface area (Å²) >= 11 is 5.97.